The number of carbonyl (C=O) groups excluding carboxylic acids is 1. The predicted molar refractivity (Wildman–Crippen MR) is 39.7 cm³/mol. The molecule has 0 saturated carbocycles. The van der Waals surface area contributed by atoms with Gasteiger partial charge >= 0.3 is 0 Å². The minimum atomic E-state index is -0.321. The molecule has 0 aliphatic carbocycles. The van der Waals surface area contributed by atoms with E-state index in [0.29, 0.717) is 0 Å². The van der Waals surface area contributed by atoms with Gasteiger partial charge in [0, 0.05) is 13.1 Å². The monoisotopic (exact) mass is 142 g/mol. The van der Waals surface area contributed by atoms with Gasteiger partial charge in [0.25, 0.3) is 0 Å². The quantitative estimate of drug-likeness (QED) is 0.535. The van der Waals surface area contributed by atoms with Gasteiger partial charge in [-0.15, -0.1) is 0 Å². The van der Waals surface area contributed by atoms with E-state index < -0.39 is 0 Å². The van der Waals surface area contributed by atoms with Crippen molar-refractivity contribution in [1.29, 1.82) is 0 Å². The number of piperazine rings is 1. The Bertz CT molecular complexity index is 147. The summed E-state index contributed by atoms with van der Waals surface area (Å²) in [7, 11) is 0. The zero-order chi connectivity index (χ0) is 7.61. The number of amides is 1. The first kappa shape index (κ1) is 7.54. The first-order valence-electron chi connectivity index (χ1n) is 3.72. The van der Waals surface area contributed by atoms with Crippen LogP contribution in [0.3, 0.4) is 0 Å². The van der Waals surface area contributed by atoms with Crippen molar-refractivity contribution in [2.75, 3.05) is 13.1 Å². The fourth-order valence-electron chi connectivity index (χ4n) is 1.08. The fraction of sp³-hybridized carbons (Fsp3) is 0.857. The first-order valence-corrected chi connectivity index (χ1v) is 3.72. The summed E-state index contributed by atoms with van der Waals surface area (Å²) < 4.78 is 0. The molecular formula is C7H14N2O. The van der Waals surface area contributed by atoms with Crippen LogP contribution in [0.2, 0.25) is 0 Å². The maximum Gasteiger partial charge on any atom is 0.240 e. The Balaban J connectivity index is 2.63. The molecule has 0 aromatic rings. The number of hydrogen-bond acceptors (Lipinski definition) is 2. The number of carbonyl (C=O) groups is 1. The molecule has 1 aliphatic heterocycles. The van der Waals surface area contributed by atoms with Crippen molar-refractivity contribution in [1.82, 2.24) is 10.6 Å². The van der Waals surface area contributed by atoms with Crippen LogP contribution in [-0.4, -0.2) is 24.5 Å². The van der Waals surface area contributed by atoms with E-state index in [1.54, 1.807) is 0 Å². The van der Waals surface area contributed by atoms with E-state index in [0.717, 1.165) is 19.5 Å². The Morgan fingerprint density at radius 2 is 2.30 bits per heavy atom. The molecule has 0 unspecified atom stereocenters. The Morgan fingerprint density at radius 3 is 2.70 bits per heavy atom. The van der Waals surface area contributed by atoms with Crippen molar-refractivity contribution in [3.05, 3.63) is 0 Å². The molecule has 1 aliphatic rings. The summed E-state index contributed by atoms with van der Waals surface area (Å²) in [6.07, 6.45) is 0.846. The predicted octanol–water partition coefficient (Wildman–Crippen LogP) is -0.126. The lowest BCUT2D eigenvalue weighted by atomic mass is 9.96. The van der Waals surface area contributed by atoms with E-state index in [1.807, 2.05) is 13.8 Å². The van der Waals surface area contributed by atoms with Crippen LogP contribution in [0.4, 0.5) is 0 Å². The lowest BCUT2D eigenvalue weighted by Crippen LogP contribution is -2.61. The van der Waals surface area contributed by atoms with E-state index in [1.165, 1.54) is 0 Å². The molecule has 10 heavy (non-hydrogen) atoms. The average molecular weight is 142 g/mol. The van der Waals surface area contributed by atoms with Gasteiger partial charge in [0.15, 0.2) is 0 Å². The van der Waals surface area contributed by atoms with Crippen LogP contribution in [0.5, 0.6) is 0 Å². The number of nitrogens with one attached hydrogen (secondary N) is 2. The van der Waals surface area contributed by atoms with Crippen LogP contribution in [0.1, 0.15) is 20.3 Å². The van der Waals surface area contributed by atoms with E-state index in [-0.39, 0.29) is 11.4 Å². The summed E-state index contributed by atoms with van der Waals surface area (Å²) in [5.74, 6) is 0.126. The second-order valence-electron chi connectivity index (χ2n) is 2.87. The highest BCUT2D eigenvalue weighted by molar-refractivity contribution is 5.86. The van der Waals surface area contributed by atoms with E-state index in [2.05, 4.69) is 10.6 Å². The third-order valence-corrected chi connectivity index (χ3v) is 2.13. The van der Waals surface area contributed by atoms with Crippen LogP contribution in [0.25, 0.3) is 0 Å². The molecule has 3 nitrogen and oxygen atoms in total. The molecule has 0 aromatic carbocycles. The van der Waals surface area contributed by atoms with Gasteiger partial charge < -0.3 is 10.6 Å². The Morgan fingerprint density at radius 1 is 1.60 bits per heavy atom. The van der Waals surface area contributed by atoms with E-state index in [4.69, 9.17) is 0 Å². The Kier molecular flexibility index (Phi) is 1.94. The topological polar surface area (TPSA) is 41.1 Å². The molecule has 1 atom stereocenters. The first-order chi connectivity index (χ1) is 4.69. The van der Waals surface area contributed by atoms with Gasteiger partial charge in [0.2, 0.25) is 5.91 Å². The van der Waals surface area contributed by atoms with Crippen LogP contribution in [0.15, 0.2) is 0 Å². The molecule has 0 spiro atoms. The van der Waals surface area contributed by atoms with Gasteiger partial charge in [-0.2, -0.15) is 0 Å². The summed E-state index contributed by atoms with van der Waals surface area (Å²) in [4.78, 5) is 11.2. The lowest BCUT2D eigenvalue weighted by molar-refractivity contribution is -0.128. The summed E-state index contributed by atoms with van der Waals surface area (Å²) in [6.45, 7) is 5.59. The summed E-state index contributed by atoms with van der Waals surface area (Å²) in [5.41, 5.74) is -0.321. The van der Waals surface area contributed by atoms with Crippen molar-refractivity contribution in [3.8, 4) is 0 Å². The third-order valence-electron chi connectivity index (χ3n) is 2.13. The van der Waals surface area contributed by atoms with Crippen LogP contribution >= 0.6 is 0 Å². The summed E-state index contributed by atoms with van der Waals surface area (Å²) in [5, 5.41) is 6.00. The third kappa shape index (κ3) is 1.14. The molecule has 2 N–H and O–H groups in total. The highest BCUT2D eigenvalue weighted by atomic mass is 16.2. The highest BCUT2D eigenvalue weighted by Gasteiger charge is 2.32. The van der Waals surface area contributed by atoms with Crippen LogP contribution in [0, 0.1) is 0 Å². The zero-order valence-corrected chi connectivity index (χ0v) is 6.53. The molecule has 1 saturated heterocycles. The van der Waals surface area contributed by atoms with Gasteiger partial charge in [-0.3, -0.25) is 4.79 Å². The van der Waals surface area contributed by atoms with Crippen molar-refractivity contribution >= 4 is 5.91 Å². The maximum atomic E-state index is 11.2. The smallest absolute Gasteiger partial charge is 0.240 e. The Hall–Kier alpha value is -0.570. The summed E-state index contributed by atoms with van der Waals surface area (Å²) >= 11 is 0. The van der Waals surface area contributed by atoms with E-state index >= 15 is 0 Å². The molecule has 1 heterocycles. The van der Waals surface area contributed by atoms with Gasteiger partial charge in [0.1, 0.15) is 0 Å². The molecule has 0 bridgehead atoms. The van der Waals surface area contributed by atoms with Crippen molar-refractivity contribution < 1.29 is 4.79 Å². The second kappa shape index (κ2) is 2.58. The minimum Gasteiger partial charge on any atom is -0.353 e. The van der Waals surface area contributed by atoms with Crippen molar-refractivity contribution in [3.63, 3.8) is 0 Å². The number of rotatable bonds is 1. The maximum absolute atomic E-state index is 11.2. The molecule has 58 valence electrons. The summed E-state index contributed by atoms with van der Waals surface area (Å²) in [6, 6.07) is 0. The zero-order valence-electron chi connectivity index (χ0n) is 6.53. The molecule has 0 radical (unpaired) electrons. The molecule has 0 aromatic heterocycles. The van der Waals surface area contributed by atoms with Gasteiger partial charge in [-0.05, 0) is 13.3 Å². The van der Waals surface area contributed by atoms with Crippen LogP contribution in [-0.2, 0) is 4.79 Å². The molecular weight excluding hydrogens is 128 g/mol. The van der Waals surface area contributed by atoms with Gasteiger partial charge in [0.05, 0.1) is 5.54 Å². The minimum absolute atomic E-state index is 0.126. The average Bonchev–Trinajstić information content (AvgIpc) is 1.96. The Labute approximate surface area is 61.2 Å². The number of hydrogen-bond donors (Lipinski definition) is 2. The van der Waals surface area contributed by atoms with Crippen LogP contribution < -0.4 is 10.6 Å². The second-order valence-corrected chi connectivity index (χ2v) is 2.87. The van der Waals surface area contributed by atoms with Gasteiger partial charge in [-0.1, -0.05) is 6.92 Å². The lowest BCUT2D eigenvalue weighted by Gasteiger charge is -2.32. The molecule has 1 rings (SSSR count). The van der Waals surface area contributed by atoms with E-state index in [9.17, 15) is 4.79 Å². The van der Waals surface area contributed by atoms with Crippen molar-refractivity contribution in [2.24, 2.45) is 0 Å². The molecule has 1 amide bonds. The fourth-order valence-corrected chi connectivity index (χ4v) is 1.08. The van der Waals surface area contributed by atoms with Crippen molar-refractivity contribution in [2.45, 2.75) is 25.8 Å². The highest BCUT2D eigenvalue weighted by Crippen LogP contribution is 2.10. The normalized spacial score (nSPS) is 33.6. The molecule has 1 fully saturated rings. The molecule has 3 heteroatoms. The standard InChI is InChI=1S/C7H14N2O/c1-3-7(2)6(10)8-4-5-9-7/h9H,3-5H2,1-2H3,(H,8,10)/t7-/m1/s1. The largest absolute Gasteiger partial charge is 0.353 e. The van der Waals surface area contributed by atoms with Gasteiger partial charge in [-0.25, -0.2) is 0 Å². The SMILES string of the molecule is CC[C@@]1(C)NCCNC1=O.